The Hall–Kier alpha value is -1.23. The molecule has 0 bridgehead atoms. The second kappa shape index (κ2) is 14.2. The molecule has 2 aliphatic rings. The monoisotopic (exact) mass is 570 g/mol. The summed E-state index contributed by atoms with van der Waals surface area (Å²) in [5.74, 6) is 0.659. The Morgan fingerprint density at radius 2 is 1.78 bits per heavy atom. The van der Waals surface area contributed by atoms with Gasteiger partial charge in [0.15, 0.2) is 0 Å². The molecule has 2 fully saturated rings. The normalized spacial score (nSPS) is 22.0. The molecule has 2 heterocycles. The largest absolute Gasteiger partial charge is 0.300 e. The minimum absolute atomic E-state index is 0.136. The van der Waals surface area contributed by atoms with Crippen molar-refractivity contribution in [3.63, 3.8) is 0 Å². The van der Waals surface area contributed by atoms with Crippen molar-refractivity contribution in [3.8, 4) is 0 Å². The lowest BCUT2D eigenvalue weighted by atomic mass is 9.82. The third-order valence-corrected chi connectivity index (χ3v) is 9.93. The van der Waals surface area contributed by atoms with Crippen molar-refractivity contribution in [2.45, 2.75) is 102 Å². The van der Waals surface area contributed by atoms with Gasteiger partial charge in [0, 0.05) is 18.1 Å². The zero-order chi connectivity index (χ0) is 26.1. The van der Waals surface area contributed by atoms with Gasteiger partial charge < -0.3 is 4.90 Å². The lowest BCUT2D eigenvalue weighted by Gasteiger charge is -2.46. The van der Waals surface area contributed by atoms with Gasteiger partial charge in [-0.2, -0.15) is 0 Å². The number of nitrogens with zero attached hydrogens (tertiary/aromatic N) is 2. The van der Waals surface area contributed by atoms with Crippen LogP contribution >= 0.6 is 15.9 Å². The third-order valence-electron chi connectivity index (χ3n) is 9.04. The predicted octanol–water partition coefficient (Wildman–Crippen LogP) is 8.67. The highest BCUT2D eigenvalue weighted by Gasteiger charge is 2.34. The van der Waals surface area contributed by atoms with Crippen molar-refractivity contribution in [1.29, 1.82) is 0 Å². The smallest absolute Gasteiger partial charge is 0.137 e. The van der Waals surface area contributed by atoms with Gasteiger partial charge in [-0.05, 0) is 123 Å². The molecule has 0 N–H and O–H groups in total. The van der Waals surface area contributed by atoms with Gasteiger partial charge in [-0.15, -0.1) is 0 Å². The number of hydrogen-bond acceptors (Lipinski definition) is 2. The van der Waals surface area contributed by atoms with Crippen LogP contribution in [-0.2, 0) is 12.8 Å². The van der Waals surface area contributed by atoms with E-state index in [4.69, 9.17) is 0 Å². The summed E-state index contributed by atoms with van der Waals surface area (Å²) >= 11 is 3.53. The van der Waals surface area contributed by atoms with E-state index < -0.39 is 0 Å². The number of piperidine rings is 2. The Kier molecular flexibility index (Phi) is 11.1. The van der Waals surface area contributed by atoms with Crippen molar-refractivity contribution < 1.29 is 4.39 Å². The van der Waals surface area contributed by atoms with Crippen LogP contribution in [0, 0.1) is 11.7 Å². The summed E-state index contributed by atoms with van der Waals surface area (Å²) in [7, 11) is 0. The van der Waals surface area contributed by atoms with E-state index in [2.05, 4.69) is 76.0 Å². The van der Waals surface area contributed by atoms with E-state index in [-0.39, 0.29) is 11.4 Å². The Labute approximate surface area is 234 Å². The van der Waals surface area contributed by atoms with Gasteiger partial charge in [0.05, 0.1) is 4.47 Å². The van der Waals surface area contributed by atoms with E-state index in [9.17, 15) is 4.39 Å². The molecule has 3 atom stereocenters. The molecule has 4 rings (SSSR count). The molecule has 2 aromatic rings. The minimum atomic E-state index is -0.136. The van der Waals surface area contributed by atoms with Crippen LogP contribution in [0.3, 0.4) is 0 Å². The molecule has 4 heteroatoms. The van der Waals surface area contributed by atoms with Crippen molar-refractivity contribution in [2.24, 2.45) is 5.92 Å². The molecule has 2 nitrogen and oxygen atoms in total. The highest BCUT2D eigenvalue weighted by molar-refractivity contribution is 9.10. The number of rotatable bonds is 12. The summed E-state index contributed by atoms with van der Waals surface area (Å²) in [6, 6.07) is 17.1. The molecule has 3 unspecified atom stereocenters. The first kappa shape index (κ1) is 28.8. The van der Waals surface area contributed by atoms with Gasteiger partial charge in [0.25, 0.3) is 0 Å². The summed E-state index contributed by atoms with van der Waals surface area (Å²) in [4.78, 5) is 5.54. The Morgan fingerprint density at radius 3 is 2.54 bits per heavy atom. The predicted molar refractivity (Wildman–Crippen MR) is 159 cm³/mol. The van der Waals surface area contributed by atoms with Gasteiger partial charge >= 0.3 is 0 Å². The first-order chi connectivity index (χ1) is 18.0. The molecule has 2 aliphatic heterocycles. The Bertz CT molecular complexity index is 945. The van der Waals surface area contributed by atoms with Crippen molar-refractivity contribution in [2.75, 3.05) is 26.2 Å². The highest BCUT2D eigenvalue weighted by atomic mass is 79.9. The van der Waals surface area contributed by atoms with E-state index in [1.54, 1.807) is 6.07 Å². The maximum absolute atomic E-state index is 14.2. The van der Waals surface area contributed by atoms with Crippen molar-refractivity contribution in [1.82, 2.24) is 9.80 Å². The molecule has 204 valence electrons. The highest BCUT2D eigenvalue weighted by Crippen LogP contribution is 2.33. The molecule has 2 saturated heterocycles. The topological polar surface area (TPSA) is 6.48 Å². The third kappa shape index (κ3) is 8.13. The van der Waals surface area contributed by atoms with E-state index in [0.717, 1.165) is 24.3 Å². The number of halogens is 2. The van der Waals surface area contributed by atoms with Gasteiger partial charge in [0.2, 0.25) is 0 Å². The molecule has 37 heavy (non-hydrogen) atoms. The lowest BCUT2D eigenvalue weighted by Crippen LogP contribution is -2.52. The van der Waals surface area contributed by atoms with Crippen molar-refractivity contribution >= 4 is 15.9 Å². The van der Waals surface area contributed by atoms with E-state index in [0.29, 0.717) is 10.5 Å². The fraction of sp³-hybridized carbons (Fsp3) is 0.636. The van der Waals surface area contributed by atoms with Crippen LogP contribution in [0.2, 0.25) is 0 Å². The maximum atomic E-state index is 14.2. The Morgan fingerprint density at radius 1 is 1.00 bits per heavy atom. The molecule has 2 aromatic carbocycles. The number of likely N-dealkylation sites (tertiary alicyclic amines) is 2. The molecule has 0 radical (unpaired) electrons. The zero-order valence-corrected chi connectivity index (χ0v) is 24.8. The van der Waals surface area contributed by atoms with Crippen LogP contribution in [0.25, 0.3) is 0 Å². The van der Waals surface area contributed by atoms with E-state index >= 15 is 0 Å². The van der Waals surface area contributed by atoms with E-state index in [1.807, 2.05) is 6.07 Å². The second-order valence-electron chi connectivity index (χ2n) is 12.0. The molecule has 0 amide bonds. The summed E-state index contributed by atoms with van der Waals surface area (Å²) in [6.07, 6.45) is 15.0. The van der Waals surface area contributed by atoms with Crippen LogP contribution in [0.5, 0.6) is 0 Å². The van der Waals surface area contributed by atoms with Gasteiger partial charge in [-0.3, -0.25) is 4.90 Å². The SMILES string of the molecule is CCCC(C)(Cc1ccccc1)N1CCCC(CCCC(Cc2cccc(F)c2Br)N2CCCCC2)C1. The molecule has 0 saturated carbocycles. The van der Waals surface area contributed by atoms with E-state index in [1.165, 1.54) is 96.0 Å². The summed E-state index contributed by atoms with van der Waals surface area (Å²) in [5, 5.41) is 0. The number of hydrogen-bond donors (Lipinski definition) is 0. The fourth-order valence-electron chi connectivity index (χ4n) is 7.02. The van der Waals surface area contributed by atoms with Crippen LogP contribution in [0.4, 0.5) is 4.39 Å². The van der Waals surface area contributed by atoms with Gasteiger partial charge in [-0.1, -0.05) is 68.7 Å². The van der Waals surface area contributed by atoms with Crippen LogP contribution in [0.15, 0.2) is 53.0 Å². The first-order valence-corrected chi connectivity index (χ1v) is 15.7. The molecule has 0 spiro atoms. The van der Waals surface area contributed by atoms with Gasteiger partial charge in [-0.25, -0.2) is 4.39 Å². The fourth-order valence-corrected chi connectivity index (χ4v) is 7.45. The molecule has 0 aliphatic carbocycles. The zero-order valence-electron chi connectivity index (χ0n) is 23.2. The lowest BCUT2D eigenvalue weighted by molar-refractivity contribution is 0.0435. The van der Waals surface area contributed by atoms with Crippen LogP contribution in [0.1, 0.15) is 89.2 Å². The van der Waals surface area contributed by atoms with Gasteiger partial charge in [0.1, 0.15) is 5.82 Å². The summed E-state index contributed by atoms with van der Waals surface area (Å²) in [5.41, 5.74) is 2.83. The Balaban J connectivity index is 1.36. The average molecular weight is 572 g/mol. The standard InChI is InChI=1S/C33H48BrFN2/c1-3-20-33(2,25-27-13-6-4-7-14-27)37-23-12-16-28(26-37)15-10-18-30(36-21-8-5-9-22-36)24-29-17-11-19-31(35)32(29)34/h4,6-7,11,13-14,17,19,28,30H,3,5,8-10,12,15-16,18,20-26H2,1-2H3. The van der Waals surface area contributed by atoms with Crippen molar-refractivity contribution in [3.05, 3.63) is 69.9 Å². The quantitative estimate of drug-likeness (QED) is 0.252. The summed E-state index contributed by atoms with van der Waals surface area (Å²) in [6.45, 7) is 9.72. The first-order valence-electron chi connectivity index (χ1n) is 14.9. The summed E-state index contributed by atoms with van der Waals surface area (Å²) < 4.78 is 14.9. The molecular weight excluding hydrogens is 523 g/mol. The number of benzene rings is 2. The van der Waals surface area contributed by atoms with Crippen LogP contribution < -0.4 is 0 Å². The second-order valence-corrected chi connectivity index (χ2v) is 12.8. The molecule has 0 aromatic heterocycles. The van der Waals surface area contributed by atoms with Crippen LogP contribution in [-0.4, -0.2) is 47.6 Å². The maximum Gasteiger partial charge on any atom is 0.137 e. The molecular formula is C33H48BrFN2. The average Bonchev–Trinajstić information content (AvgIpc) is 2.92. The minimum Gasteiger partial charge on any atom is -0.300 e.